The molecule has 116 valence electrons. The Morgan fingerprint density at radius 3 is 3.00 bits per heavy atom. The highest BCUT2D eigenvalue weighted by Gasteiger charge is 2.34. The van der Waals surface area contributed by atoms with Crippen LogP contribution in [0.3, 0.4) is 0 Å². The first kappa shape index (κ1) is 15.0. The maximum absolute atomic E-state index is 12.7. The second kappa shape index (κ2) is 6.46. The molecule has 1 unspecified atom stereocenters. The maximum atomic E-state index is 12.7. The molecule has 21 heavy (non-hydrogen) atoms. The van der Waals surface area contributed by atoms with Crippen LogP contribution in [0.15, 0.2) is 11.4 Å². The number of fused-ring (bicyclic) bond motifs is 1. The van der Waals surface area contributed by atoms with E-state index in [1.54, 1.807) is 0 Å². The Hall–Kier alpha value is -0.910. The lowest BCUT2D eigenvalue weighted by molar-refractivity contribution is -0.135. The van der Waals surface area contributed by atoms with E-state index in [-0.39, 0.29) is 18.6 Å². The first-order valence-electron chi connectivity index (χ1n) is 7.95. The molecule has 2 aliphatic rings. The molecular weight excluding hydrogens is 284 g/mol. The fourth-order valence-corrected chi connectivity index (χ4v) is 4.29. The van der Waals surface area contributed by atoms with Gasteiger partial charge in [-0.25, -0.2) is 0 Å². The highest BCUT2D eigenvalue weighted by molar-refractivity contribution is 7.10. The predicted molar refractivity (Wildman–Crippen MR) is 84.4 cm³/mol. The number of hydrogen-bond donors (Lipinski definition) is 1. The van der Waals surface area contributed by atoms with E-state index in [1.807, 2.05) is 11.3 Å². The Balaban J connectivity index is 1.69. The normalized spacial score (nSPS) is 21.7. The summed E-state index contributed by atoms with van der Waals surface area (Å²) in [7, 11) is 0. The molecular formula is C16H24N2O2S. The average molecular weight is 308 g/mol. The summed E-state index contributed by atoms with van der Waals surface area (Å²) < 4.78 is 0. The molecule has 1 N–H and O–H groups in total. The van der Waals surface area contributed by atoms with Gasteiger partial charge in [-0.2, -0.15) is 0 Å². The summed E-state index contributed by atoms with van der Waals surface area (Å²) in [6.07, 6.45) is 4.29. The van der Waals surface area contributed by atoms with Crippen LogP contribution in [-0.2, 0) is 11.2 Å². The van der Waals surface area contributed by atoms with Gasteiger partial charge in [0.2, 0.25) is 5.91 Å². The van der Waals surface area contributed by atoms with Crippen molar-refractivity contribution in [2.24, 2.45) is 0 Å². The lowest BCUT2D eigenvalue weighted by Gasteiger charge is -2.37. The van der Waals surface area contributed by atoms with Crippen molar-refractivity contribution < 1.29 is 9.90 Å². The Labute approximate surface area is 130 Å². The number of aliphatic hydroxyl groups excluding tert-OH is 1. The van der Waals surface area contributed by atoms with Crippen LogP contribution >= 0.6 is 11.3 Å². The zero-order valence-corrected chi connectivity index (χ0v) is 13.4. The van der Waals surface area contributed by atoms with Gasteiger partial charge in [0, 0.05) is 24.0 Å². The van der Waals surface area contributed by atoms with Crippen LogP contribution in [-0.4, -0.2) is 53.1 Å². The summed E-state index contributed by atoms with van der Waals surface area (Å²) in [5, 5.41) is 11.3. The lowest BCUT2D eigenvalue weighted by Crippen LogP contribution is -2.46. The van der Waals surface area contributed by atoms with E-state index >= 15 is 0 Å². The summed E-state index contributed by atoms with van der Waals surface area (Å²) in [4.78, 5) is 18.4. The topological polar surface area (TPSA) is 43.8 Å². The third kappa shape index (κ3) is 3.15. The lowest BCUT2D eigenvalue weighted by atomic mass is 9.97. The number of carbonyl (C=O) groups excluding carboxylic acids is 1. The van der Waals surface area contributed by atoms with Crippen molar-refractivity contribution in [3.05, 3.63) is 21.9 Å². The molecule has 1 aliphatic carbocycles. The zero-order chi connectivity index (χ0) is 14.8. The van der Waals surface area contributed by atoms with Gasteiger partial charge in [-0.15, -0.1) is 11.3 Å². The van der Waals surface area contributed by atoms with Gasteiger partial charge in [0.05, 0.1) is 19.2 Å². The highest BCUT2D eigenvalue weighted by Crippen LogP contribution is 2.35. The molecule has 1 aromatic heterocycles. The Bertz CT molecular complexity index is 498. The second-order valence-corrected chi connectivity index (χ2v) is 6.99. The summed E-state index contributed by atoms with van der Waals surface area (Å²) in [5.41, 5.74) is 1.35. The minimum Gasteiger partial charge on any atom is -0.395 e. The van der Waals surface area contributed by atoms with E-state index in [0.29, 0.717) is 19.1 Å². The van der Waals surface area contributed by atoms with E-state index < -0.39 is 0 Å². The highest BCUT2D eigenvalue weighted by atomic mass is 32.1. The van der Waals surface area contributed by atoms with Crippen molar-refractivity contribution in [3.63, 3.8) is 0 Å². The summed E-state index contributed by atoms with van der Waals surface area (Å²) in [5.74, 6) is 0.221. The maximum Gasteiger partial charge on any atom is 0.237 e. The van der Waals surface area contributed by atoms with Crippen LogP contribution in [0.25, 0.3) is 0 Å². The molecule has 1 aliphatic heterocycles. The summed E-state index contributed by atoms with van der Waals surface area (Å²) in [6, 6.07) is 2.94. The summed E-state index contributed by atoms with van der Waals surface area (Å²) >= 11 is 1.81. The van der Waals surface area contributed by atoms with Crippen LogP contribution in [0.2, 0.25) is 0 Å². The van der Waals surface area contributed by atoms with Gasteiger partial charge >= 0.3 is 0 Å². The van der Waals surface area contributed by atoms with Crippen molar-refractivity contribution in [2.75, 3.05) is 26.2 Å². The SMILES string of the molecule is CCC1c2ccsc2CCN1C(=O)CN(CCO)C1CC1. The molecule has 1 atom stereocenters. The predicted octanol–water partition coefficient (Wildman–Crippen LogP) is 2.04. The zero-order valence-electron chi connectivity index (χ0n) is 12.6. The monoisotopic (exact) mass is 308 g/mol. The van der Waals surface area contributed by atoms with Crippen molar-refractivity contribution in [2.45, 2.75) is 44.7 Å². The Morgan fingerprint density at radius 2 is 2.33 bits per heavy atom. The largest absolute Gasteiger partial charge is 0.395 e. The number of hydrogen-bond acceptors (Lipinski definition) is 4. The number of rotatable bonds is 6. The minimum absolute atomic E-state index is 0.135. The van der Waals surface area contributed by atoms with Gasteiger partial charge < -0.3 is 10.0 Å². The van der Waals surface area contributed by atoms with Crippen LogP contribution in [0.1, 0.15) is 42.7 Å². The molecule has 1 amide bonds. The van der Waals surface area contributed by atoms with Crippen LogP contribution in [0.4, 0.5) is 0 Å². The van der Waals surface area contributed by atoms with Gasteiger partial charge in [-0.1, -0.05) is 6.92 Å². The van der Waals surface area contributed by atoms with E-state index in [4.69, 9.17) is 0 Å². The number of nitrogens with zero attached hydrogens (tertiary/aromatic N) is 2. The van der Waals surface area contributed by atoms with Crippen molar-refractivity contribution in [3.8, 4) is 0 Å². The van der Waals surface area contributed by atoms with Crippen molar-refractivity contribution >= 4 is 17.2 Å². The number of amides is 1. The van der Waals surface area contributed by atoms with E-state index in [9.17, 15) is 9.90 Å². The molecule has 1 saturated carbocycles. The van der Waals surface area contributed by atoms with Gasteiger partial charge in [0.25, 0.3) is 0 Å². The minimum atomic E-state index is 0.135. The third-order valence-electron chi connectivity index (χ3n) is 4.59. The van der Waals surface area contributed by atoms with Crippen LogP contribution in [0.5, 0.6) is 0 Å². The Morgan fingerprint density at radius 1 is 1.52 bits per heavy atom. The number of thiophene rings is 1. The molecule has 1 aromatic rings. The van der Waals surface area contributed by atoms with Gasteiger partial charge in [-0.05, 0) is 42.7 Å². The van der Waals surface area contributed by atoms with Crippen LogP contribution in [0, 0.1) is 0 Å². The molecule has 0 aromatic carbocycles. The van der Waals surface area contributed by atoms with Crippen LogP contribution < -0.4 is 0 Å². The van der Waals surface area contributed by atoms with Crippen molar-refractivity contribution in [1.82, 2.24) is 9.80 Å². The molecule has 3 rings (SSSR count). The fourth-order valence-electron chi connectivity index (χ4n) is 3.36. The van der Waals surface area contributed by atoms with Gasteiger partial charge in [0.1, 0.15) is 0 Å². The molecule has 4 nitrogen and oxygen atoms in total. The van der Waals surface area contributed by atoms with Gasteiger partial charge in [-0.3, -0.25) is 9.69 Å². The Kier molecular flexibility index (Phi) is 4.62. The molecule has 0 spiro atoms. The fraction of sp³-hybridized carbons (Fsp3) is 0.688. The second-order valence-electron chi connectivity index (χ2n) is 5.99. The van der Waals surface area contributed by atoms with E-state index in [1.165, 1.54) is 23.3 Å². The number of carbonyl (C=O) groups is 1. The quantitative estimate of drug-likeness (QED) is 0.874. The first-order chi connectivity index (χ1) is 10.2. The molecule has 5 heteroatoms. The molecule has 0 saturated heterocycles. The smallest absolute Gasteiger partial charge is 0.237 e. The standard InChI is InChI=1S/C16H24N2O2S/c1-2-14-13-6-10-21-15(13)5-7-18(14)16(20)11-17(8-9-19)12-3-4-12/h6,10,12,14,19H,2-5,7-9,11H2,1H3. The van der Waals surface area contributed by atoms with Crippen molar-refractivity contribution in [1.29, 1.82) is 0 Å². The number of aliphatic hydroxyl groups is 1. The van der Waals surface area contributed by atoms with E-state index in [0.717, 1.165) is 19.4 Å². The van der Waals surface area contributed by atoms with Gasteiger partial charge in [0.15, 0.2) is 0 Å². The average Bonchev–Trinajstić information content (AvgIpc) is 3.22. The first-order valence-corrected chi connectivity index (χ1v) is 8.83. The molecule has 2 heterocycles. The molecule has 0 bridgehead atoms. The molecule has 0 radical (unpaired) electrons. The molecule has 1 fully saturated rings. The van der Waals surface area contributed by atoms with E-state index in [2.05, 4.69) is 28.2 Å². The summed E-state index contributed by atoms with van der Waals surface area (Å²) in [6.45, 7) is 4.20. The third-order valence-corrected chi connectivity index (χ3v) is 5.59.